The van der Waals surface area contributed by atoms with Crippen molar-refractivity contribution >= 4 is 0 Å². The topological polar surface area (TPSA) is 22.1 Å². The molecule has 88 valence electrons. The number of nitrogens with zero attached hydrogens (tertiary/aromatic N) is 1. The van der Waals surface area contributed by atoms with Gasteiger partial charge in [0.05, 0.1) is 5.69 Å². The van der Waals surface area contributed by atoms with Crippen molar-refractivity contribution in [3.63, 3.8) is 0 Å². The molecule has 0 aromatic carbocycles. The standard InChI is InChI=1S/C11H12F3NO/c1-3-7-10(16-2,11(12,13)14)9-6-4-5-8-15-9/h3-6,8H,1,7H2,2H3. The summed E-state index contributed by atoms with van der Waals surface area (Å²) in [6, 6.07) is 4.33. The Kier molecular flexibility index (Phi) is 3.70. The second kappa shape index (κ2) is 4.65. The summed E-state index contributed by atoms with van der Waals surface area (Å²) < 4.78 is 43.8. The average Bonchev–Trinajstić information content (AvgIpc) is 2.25. The Morgan fingerprint density at radius 3 is 2.50 bits per heavy atom. The largest absolute Gasteiger partial charge is 0.423 e. The van der Waals surface area contributed by atoms with Crippen LogP contribution in [-0.4, -0.2) is 18.3 Å². The fraction of sp³-hybridized carbons (Fsp3) is 0.364. The van der Waals surface area contributed by atoms with Crippen molar-refractivity contribution in [2.24, 2.45) is 0 Å². The summed E-state index contributed by atoms with van der Waals surface area (Å²) in [4.78, 5) is 3.71. The van der Waals surface area contributed by atoms with Crippen LogP contribution in [0.4, 0.5) is 13.2 Å². The molecule has 0 aliphatic rings. The summed E-state index contributed by atoms with van der Waals surface area (Å²) in [5, 5.41) is 0. The molecule has 2 nitrogen and oxygen atoms in total. The first kappa shape index (κ1) is 12.7. The summed E-state index contributed by atoms with van der Waals surface area (Å²) in [5.74, 6) is 0. The van der Waals surface area contributed by atoms with Gasteiger partial charge >= 0.3 is 6.18 Å². The van der Waals surface area contributed by atoms with E-state index in [9.17, 15) is 13.2 Å². The predicted octanol–water partition coefficient (Wildman–Crippen LogP) is 3.06. The van der Waals surface area contributed by atoms with Gasteiger partial charge in [0.2, 0.25) is 5.60 Å². The van der Waals surface area contributed by atoms with Gasteiger partial charge in [0.25, 0.3) is 0 Å². The van der Waals surface area contributed by atoms with Gasteiger partial charge in [0, 0.05) is 19.7 Å². The summed E-state index contributed by atoms with van der Waals surface area (Å²) in [7, 11) is 1.02. The van der Waals surface area contributed by atoms with Crippen LogP contribution >= 0.6 is 0 Å². The molecule has 0 amide bonds. The number of alkyl halides is 3. The number of halogens is 3. The lowest BCUT2D eigenvalue weighted by Crippen LogP contribution is -2.44. The summed E-state index contributed by atoms with van der Waals surface area (Å²) in [6.07, 6.45) is -2.43. The number of hydrogen-bond donors (Lipinski definition) is 0. The van der Waals surface area contributed by atoms with Crippen LogP contribution in [0, 0.1) is 0 Å². The molecule has 0 aliphatic carbocycles. The summed E-state index contributed by atoms with van der Waals surface area (Å²) in [5.41, 5.74) is -2.57. The van der Waals surface area contributed by atoms with Gasteiger partial charge in [-0.1, -0.05) is 12.1 Å². The molecule has 0 radical (unpaired) electrons. The van der Waals surface area contributed by atoms with E-state index in [1.54, 1.807) is 6.07 Å². The minimum absolute atomic E-state index is 0.162. The van der Waals surface area contributed by atoms with Crippen LogP contribution in [0.3, 0.4) is 0 Å². The number of rotatable bonds is 4. The van der Waals surface area contributed by atoms with Crippen molar-refractivity contribution in [1.29, 1.82) is 0 Å². The number of hydrogen-bond acceptors (Lipinski definition) is 2. The van der Waals surface area contributed by atoms with E-state index in [-0.39, 0.29) is 12.1 Å². The summed E-state index contributed by atoms with van der Waals surface area (Å²) >= 11 is 0. The minimum Gasteiger partial charge on any atom is -0.363 e. The van der Waals surface area contributed by atoms with Gasteiger partial charge in [-0.3, -0.25) is 4.98 Å². The van der Waals surface area contributed by atoms with Crippen LogP contribution in [0.2, 0.25) is 0 Å². The molecule has 16 heavy (non-hydrogen) atoms. The SMILES string of the molecule is C=CCC(OC)(c1ccccn1)C(F)(F)F. The zero-order valence-corrected chi connectivity index (χ0v) is 8.79. The molecule has 0 fully saturated rings. The highest BCUT2D eigenvalue weighted by Gasteiger charge is 2.56. The van der Waals surface area contributed by atoms with Crippen molar-refractivity contribution in [2.45, 2.75) is 18.2 Å². The fourth-order valence-electron chi connectivity index (χ4n) is 1.47. The van der Waals surface area contributed by atoms with Crippen molar-refractivity contribution in [3.05, 3.63) is 42.7 Å². The highest BCUT2D eigenvalue weighted by atomic mass is 19.4. The van der Waals surface area contributed by atoms with Crippen molar-refractivity contribution in [2.75, 3.05) is 7.11 Å². The normalized spacial score (nSPS) is 15.5. The smallest absolute Gasteiger partial charge is 0.363 e. The maximum Gasteiger partial charge on any atom is 0.423 e. The maximum atomic E-state index is 13.0. The van der Waals surface area contributed by atoms with E-state index in [0.29, 0.717) is 0 Å². The van der Waals surface area contributed by atoms with Gasteiger partial charge in [-0.05, 0) is 12.1 Å². The molecule has 1 rings (SSSR count). The lowest BCUT2D eigenvalue weighted by Gasteiger charge is -2.32. The number of aromatic nitrogens is 1. The lowest BCUT2D eigenvalue weighted by molar-refractivity contribution is -0.277. The molecule has 1 unspecified atom stereocenters. The zero-order chi connectivity index (χ0) is 12.2. The second-order valence-corrected chi connectivity index (χ2v) is 3.24. The highest BCUT2D eigenvalue weighted by molar-refractivity contribution is 5.17. The molecule has 5 heteroatoms. The molecule has 0 saturated heterocycles. The molecule has 1 heterocycles. The zero-order valence-electron chi connectivity index (χ0n) is 8.79. The number of pyridine rings is 1. The third-order valence-electron chi connectivity index (χ3n) is 2.32. The molecule has 1 aromatic heterocycles. The minimum atomic E-state index is -4.54. The third kappa shape index (κ3) is 2.09. The molecule has 0 saturated carbocycles. The molecule has 0 bridgehead atoms. The predicted molar refractivity (Wildman–Crippen MR) is 53.8 cm³/mol. The fourth-order valence-corrected chi connectivity index (χ4v) is 1.47. The van der Waals surface area contributed by atoms with E-state index < -0.39 is 11.8 Å². The van der Waals surface area contributed by atoms with Crippen LogP contribution < -0.4 is 0 Å². The van der Waals surface area contributed by atoms with Gasteiger partial charge in [-0.2, -0.15) is 13.2 Å². The van der Waals surface area contributed by atoms with E-state index in [2.05, 4.69) is 16.3 Å². The lowest BCUT2D eigenvalue weighted by atomic mass is 9.93. The molecule has 0 aliphatic heterocycles. The van der Waals surface area contributed by atoms with Crippen molar-refractivity contribution < 1.29 is 17.9 Å². The molecular formula is C11H12F3NO. The highest BCUT2D eigenvalue weighted by Crippen LogP contribution is 2.43. The van der Waals surface area contributed by atoms with Gasteiger partial charge < -0.3 is 4.74 Å². The van der Waals surface area contributed by atoms with Gasteiger partial charge in [0.1, 0.15) is 0 Å². The quantitative estimate of drug-likeness (QED) is 0.743. The monoisotopic (exact) mass is 231 g/mol. The van der Waals surface area contributed by atoms with Crippen LogP contribution in [0.5, 0.6) is 0 Å². The molecule has 1 atom stereocenters. The molecule has 0 spiro atoms. The Bertz CT molecular complexity index is 350. The Morgan fingerprint density at radius 1 is 1.44 bits per heavy atom. The van der Waals surface area contributed by atoms with Crippen LogP contribution in [0.25, 0.3) is 0 Å². The van der Waals surface area contributed by atoms with Gasteiger partial charge in [-0.15, -0.1) is 6.58 Å². The van der Waals surface area contributed by atoms with E-state index in [1.165, 1.54) is 24.4 Å². The molecule has 0 N–H and O–H groups in total. The van der Waals surface area contributed by atoms with Crippen LogP contribution in [-0.2, 0) is 10.3 Å². The first-order valence-corrected chi connectivity index (χ1v) is 4.62. The Hall–Kier alpha value is -1.36. The van der Waals surface area contributed by atoms with E-state index >= 15 is 0 Å². The van der Waals surface area contributed by atoms with Gasteiger partial charge in [-0.25, -0.2) is 0 Å². The Labute approximate surface area is 91.8 Å². The third-order valence-corrected chi connectivity index (χ3v) is 2.32. The van der Waals surface area contributed by atoms with Crippen molar-refractivity contribution in [3.8, 4) is 0 Å². The van der Waals surface area contributed by atoms with Crippen molar-refractivity contribution in [1.82, 2.24) is 4.98 Å². The van der Waals surface area contributed by atoms with E-state index in [1.807, 2.05) is 0 Å². The Balaban J connectivity index is 3.28. The van der Waals surface area contributed by atoms with Crippen LogP contribution in [0.15, 0.2) is 37.1 Å². The second-order valence-electron chi connectivity index (χ2n) is 3.24. The summed E-state index contributed by atoms with van der Waals surface area (Å²) in [6.45, 7) is 3.32. The van der Waals surface area contributed by atoms with Crippen LogP contribution in [0.1, 0.15) is 12.1 Å². The van der Waals surface area contributed by atoms with Gasteiger partial charge in [0.15, 0.2) is 0 Å². The number of methoxy groups -OCH3 is 1. The number of ether oxygens (including phenoxy) is 1. The first-order chi connectivity index (χ1) is 7.48. The maximum absolute atomic E-state index is 13.0. The van der Waals surface area contributed by atoms with E-state index in [4.69, 9.17) is 0 Å². The molecular weight excluding hydrogens is 219 g/mol. The Morgan fingerprint density at radius 2 is 2.12 bits per heavy atom. The molecule has 1 aromatic rings. The average molecular weight is 231 g/mol. The van der Waals surface area contributed by atoms with E-state index in [0.717, 1.165) is 7.11 Å². The first-order valence-electron chi connectivity index (χ1n) is 4.62.